The molecule has 7 nitrogen and oxygen atoms in total. The minimum Gasteiger partial charge on any atom is -0.497 e. The van der Waals surface area contributed by atoms with E-state index >= 15 is 0 Å². The smallest absolute Gasteiger partial charge is 0.340 e. The molecule has 2 aromatic carbocycles. The number of amides is 2. The lowest BCUT2D eigenvalue weighted by Crippen LogP contribution is -2.38. The van der Waals surface area contributed by atoms with E-state index in [1.54, 1.807) is 43.5 Å². The predicted molar refractivity (Wildman–Crippen MR) is 120 cm³/mol. The summed E-state index contributed by atoms with van der Waals surface area (Å²) in [4.78, 5) is 36.7. The molecule has 0 unspecified atom stereocenters. The molecule has 0 spiro atoms. The molecular formula is C24H28N2O5. The fourth-order valence-corrected chi connectivity index (χ4v) is 2.50. The van der Waals surface area contributed by atoms with Gasteiger partial charge in [-0.15, -0.1) is 0 Å². The number of nitrogens with one attached hydrogen (secondary N) is 2. The van der Waals surface area contributed by atoms with E-state index in [2.05, 4.69) is 10.6 Å². The van der Waals surface area contributed by atoms with Crippen molar-refractivity contribution in [2.24, 2.45) is 5.92 Å². The van der Waals surface area contributed by atoms with Gasteiger partial charge in [-0.3, -0.25) is 9.59 Å². The first-order valence-electron chi connectivity index (χ1n) is 9.98. The Labute approximate surface area is 182 Å². The molecule has 0 bridgehead atoms. The molecule has 0 radical (unpaired) electrons. The molecule has 31 heavy (non-hydrogen) atoms. The number of esters is 1. The van der Waals surface area contributed by atoms with Crippen LogP contribution in [0.3, 0.4) is 0 Å². The molecule has 2 rings (SSSR count). The van der Waals surface area contributed by atoms with Gasteiger partial charge in [0, 0.05) is 12.1 Å². The number of hydrogen-bond acceptors (Lipinski definition) is 5. The Balaban J connectivity index is 1.97. The minimum atomic E-state index is -0.692. The van der Waals surface area contributed by atoms with Crippen LogP contribution in [0.1, 0.15) is 36.7 Å². The summed E-state index contributed by atoms with van der Waals surface area (Å²) in [6.07, 6.45) is 3.01. The van der Waals surface area contributed by atoms with E-state index in [1.807, 2.05) is 32.9 Å². The highest BCUT2D eigenvalue weighted by Gasteiger charge is 2.16. The van der Waals surface area contributed by atoms with Crippen molar-refractivity contribution in [3.05, 3.63) is 65.7 Å². The molecule has 0 saturated heterocycles. The molecule has 0 aliphatic carbocycles. The Hall–Kier alpha value is -3.61. The summed E-state index contributed by atoms with van der Waals surface area (Å²) in [7, 11) is 1.58. The first kappa shape index (κ1) is 23.7. The van der Waals surface area contributed by atoms with E-state index in [0.717, 1.165) is 11.3 Å². The number of methoxy groups -OCH3 is 1. The van der Waals surface area contributed by atoms with Gasteiger partial charge >= 0.3 is 5.97 Å². The zero-order valence-electron chi connectivity index (χ0n) is 18.2. The normalized spacial score (nSPS) is 11.8. The maximum absolute atomic E-state index is 12.4. The van der Waals surface area contributed by atoms with E-state index < -0.39 is 18.5 Å². The van der Waals surface area contributed by atoms with Crippen LogP contribution in [-0.2, 0) is 14.3 Å². The van der Waals surface area contributed by atoms with Crippen molar-refractivity contribution in [2.75, 3.05) is 19.0 Å². The number of hydrogen-bond donors (Lipinski definition) is 2. The van der Waals surface area contributed by atoms with Crippen LogP contribution in [0.15, 0.2) is 54.6 Å². The van der Waals surface area contributed by atoms with Crippen molar-refractivity contribution in [1.29, 1.82) is 0 Å². The number of ether oxygens (including phenoxy) is 2. The van der Waals surface area contributed by atoms with Crippen molar-refractivity contribution in [1.82, 2.24) is 5.32 Å². The number of rotatable bonds is 9. The van der Waals surface area contributed by atoms with E-state index in [4.69, 9.17) is 9.47 Å². The van der Waals surface area contributed by atoms with Gasteiger partial charge in [0.25, 0.3) is 5.91 Å². The lowest BCUT2D eigenvalue weighted by atomic mass is 10.1. The summed E-state index contributed by atoms with van der Waals surface area (Å²) in [5, 5.41) is 5.44. The summed E-state index contributed by atoms with van der Waals surface area (Å²) in [6, 6.07) is 13.7. The average molecular weight is 424 g/mol. The van der Waals surface area contributed by atoms with Gasteiger partial charge in [0.2, 0.25) is 5.91 Å². The molecule has 2 N–H and O–H groups in total. The second kappa shape index (κ2) is 11.5. The molecule has 2 aromatic rings. The van der Waals surface area contributed by atoms with Gasteiger partial charge in [-0.05, 0) is 48.7 Å². The first-order chi connectivity index (χ1) is 14.8. The van der Waals surface area contributed by atoms with Crippen LogP contribution in [0.2, 0.25) is 0 Å². The zero-order chi connectivity index (χ0) is 22.8. The Morgan fingerprint density at radius 3 is 2.32 bits per heavy atom. The second-order valence-corrected chi connectivity index (χ2v) is 7.32. The Morgan fingerprint density at radius 2 is 1.68 bits per heavy atom. The molecule has 164 valence electrons. The van der Waals surface area contributed by atoms with Crippen LogP contribution in [0.25, 0.3) is 6.08 Å². The van der Waals surface area contributed by atoms with Crippen LogP contribution >= 0.6 is 0 Å². The fraction of sp³-hybridized carbons (Fsp3) is 0.292. The molecule has 2 amide bonds. The quantitative estimate of drug-likeness (QED) is 0.473. The van der Waals surface area contributed by atoms with E-state index in [9.17, 15) is 14.4 Å². The summed E-state index contributed by atoms with van der Waals surface area (Å²) in [5.41, 5.74) is 1.29. The summed E-state index contributed by atoms with van der Waals surface area (Å²) in [5.74, 6) is -0.483. The summed E-state index contributed by atoms with van der Waals surface area (Å²) >= 11 is 0. The van der Waals surface area contributed by atoms with Gasteiger partial charge in [-0.1, -0.05) is 38.1 Å². The highest BCUT2D eigenvalue weighted by Crippen LogP contribution is 2.17. The molecule has 0 aliphatic rings. The van der Waals surface area contributed by atoms with Gasteiger partial charge in [0.1, 0.15) is 5.75 Å². The monoisotopic (exact) mass is 424 g/mol. The highest BCUT2D eigenvalue weighted by molar-refractivity contribution is 6.06. The van der Waals surface area contributed by atoms with Gasteiger partial charge in [-0.2, -0.15) is 0 Å². The molecule has 0 saturated carbocycles. The molecule has 0 aromatic heterocycles. The predicted octanol–water partition coefficient (Wildman–Crippen LogP) is 3.66. The van der Waals surface area contributed by atoms with Gasteiger partial charge in [0.15, 0.2) is 6.61 Å². The average Bonchev–Trinajstić information content (AvgIpc) is 2.76. The van der Waals surface area contributed by atoms with Crippen molar-refractivity contribution in [2.45, 2.75) is 26.8 Å². The molecule has 0 aliphatic heterocycles. The Kier molecular flexibility index (Phi) is 8.81. The van der Waals surface area contributed by atoms with Crippen LogP contribution in [0, 0.1) is 5.92 Å². The van der Waals surface area contributed by atoms with Crippen molar-refractivity contribution in [3.63, 3.8) is 0 Å². The van der Waals surface area contributed by atoms with Gasteiger partial charge < -0.3 is 20.1 Å². The van der Waals surface area contributed by atoms with Crippen molar-refractivity contribution in [3.8, 4) is 5.75 Å². The van der Waals surface area contributed by atoms with Crippen LogP contribution in [0.4, 0.5) is 5.69 Å². The second-order valence-electron chi connectivity index (χ2n) is 7.32. The third-order valence-electron chi connectivity index (χ3n) is 4.67. The topological polar surface area (TPSA) is 93.7 Å². The number of anilines is 1. The van der Waals surface area contributed by atoms with Gasteiger partial charge in [0.05, 0.1) is 18.4 Å². The fourth-order valence-electron chi connectivity index (χ4n) is 2.50. The van der Waals surface area contributed by atoms with E-state index in [-0.39, 0.29) is 23.4 Å². The molecule has 7 heteroatoms. The summed E-state index contributed by atoms with van der Waals surface area (Å²) in [6.45, 7) is 5.46. The Morgan fingerprint density at radius 1 is 1.00 bits per heavy atom. The SMILES string of the molecule is COc1ccc(/C=C/C(=O)Nc2ccccc2C(=O)OCC(=O)N[C@@H](C)C(C)C)cc1. The first-order valence-corrected chi connectivity index (χ1v) is 9.98. The van der Waals surface area contributed by atoms with Crippen LogP contribution < -0.4 is 15.4 Å². The molecular weight excluding hydrogens is 396 g/mol. The van der Waals surface area contributed by atoms with Crippen LogP contribution in [-0.4, -0.2) is 37.5 Å². The largest absolute Gasteiger partial charge is 0.497 e. The maximum Gasteiger partial charge on any atom is 0.340 e. The number of para-hydroxylation sites is 1. The van der Waals surface area contributed by atoms with Crippen molar-refractivity contribution < 1.29 is 23.9 Å². The maximum atomic E-state index is 12.4. The highest BCUT2D eigenvalue weighted by atomic mass is 16.5. The summed E-state index contributed by atoms with van der Waals surface area (Å²) < 4.78 is 10.2. The number of carbonyl (C=O) groups is 3. The number of carbonyl (C=O) groups excluding carboxylic acids is 3. The van der Waals surface area contributed by atoms with E-state index in [0.29, 0.717) is 5.69 Å². The molecule has 0 heterocycles. The van der Waals surface area contributed by atoms with E-state index in [1.165, 1.54) is 12.1 Å². The zero-order valence-corrected chi connectivity index (χ0v) is 18.2. The molecule has 1 atom stereocenters. The van der Waals surface area contributed by atoms with Crippen LogP contribution in [0.5, 0.6) is 5.75 Å². The Bertz CT molecular complexity index is 935. The lowest BCUT2D eigenvalue weighted by molar-refractivity contribution is -0.125. The third-order valence-corrected chi connectivity index (χ3v) is 4.67. The lowest BCUT2D eigenvalue weighted by Gasteiger charge is -2.17. The number of benzene rings is 2. The molecule has 0 fully saturated rings. The van der Waals surface area contributed by atoms with Gasteiger partial charge in [-0.25, -0.2) is 4.79 Å². The minimum absolute atomic E-state index is 0.0322. The van der Waals surface area contributed by atoms with Crippen molar-refractivity contribution >= 4 is 29.5 Å². The third kappa shape index (κ3) is 7.62. The standard InChI is InChI=1S/C24H28N2O5/c1-16(2)17(3)25-23(28)15-31-24(29)20-7-5-6-8-21(20)26-22(27)14-11-18-9-12-19(30-4)13-10-18/h5-14,16-17H,15H2,1-4H3,(H,25,28)(H,26,27)/b14-11+/t17-/m0/s1.